The maximum Gasteiger partial charge on any atom is 0.408 e. The summed E-state index contributed by atoms with van der Waals surface area (Å²) in [6, 6.07) is -2.37. The first-order valence-corrected chi connectivity index (χ1v) is 6.95. The molecule has 0 spiro atoms. The topological polar surface area (TPSA) is 35.6 Å². The zero-order valence-corrected chi connectivity index (χ0v) is 12.3. The number of alkyl halides is 3. The van der Waals surface area contributed by atoms with Crippen LogP contribution in [0.15, 0.2) is 0 Å². The van der Waals surface area contributed by atoms with Crippen LogP contribution in [0.3, 0.4) is 0 Å². The van der Waals surface area contributed by atoms with Gasteiger partial charge in [0.05, 0.1) is 0 Å². The van der Waals surface area contributed by atoms with Crippen LogP contribution in [-0.4, -0.2) is 62.3 Å². The van der Waals surface area contributed by atoms with Gasteiger partial charge in [-0.15, -0.1) is 0 Å². The molecule has 1 rings (SSSR count). The third kappa shape index (κ3) is 5.19. The monoisotopic (exact) mass is 295 g/mol. The first-order chi connectivity index (χ1) is 9.21. The fraction of sp³-hybridized carbons (Fsp3) is 0.923. The van der Waals surface area contributed by atoms with Crippen molar-refractivity contribution in [2.45, 2.75) is 37.9 Å². The van der Waals surface area contributed by atoms with Gasteiger partial charge in [0, 0.05) is 20.1 Å². The molecule has 1 aliphatic carbocycles. The Morgan fingerprint density at radius 3 is 2.20 bits per heavy atom. The molecule has 0 saturated heterocycles. The van der Waals surface area contributed by atoms with E-state index in [1.54, 1.807) is 0 Å². The van der Waals surface area contributed by atoms with Crippen molar-refractivity contribution in [1.29, 1.82) is 0 Å². The Morgan fingerprint density at radius 2 is 1.75 bits per heavy atom. The van der Waals surface area contributed by atoms with Crippen molar-refractivity contribution in [3.05, 3.63) is 0 Å². The molecular weight excluding hydrogens is 271 g/mol. The molecule has 4 nitrogen and oxygen atoms in total. The second-order valence-corrected chi connectivity index (χ2v) is 5.74. The molecule has 1 fully saturated rings. The van der Waals surface area contributed by atoms with Crippen LogP contribution in [0.1, 0.15) is 25.7 Å². The summed E-state index contributed by atoms with van der Waals surface area (Å²) in [6.07, 6.45) is -1.70. The van der Waals surface area contributed by atoms with Crippen LogP contribution < -0.4 is 5.32 Å². The minimum Gasteiger partial charge on any atom is -0.327 e. The number of rotatable bonds is 5. The molecule has 118 valence electrons. The van der Waals surface area contributed by atoms with Crippen LogP contribution in [0.2, 0.25) is 0 Å². The Morgan fingerprint density at radius 1 is 1.20 bits per heavy atom. The van der Waals surface area contributed by atoms with Gasteiger partial charge in [-0.25, -0.2) is 4.79 Å². The molecule has 1 atom stereocenters. The second-order valence-electron chi connectivity index (χ2n) is 5.74. The van der Waals surface area contributed by atoms with Crippen LogP contribution >= 0.6 is 0 Å². The van der Waals surface area contributed by atoms with Gasteiger partial charge >= 0.3 is 12.2 Å². The summed E-state index contributed by atoms with van der Waals surface area (Å²) in [5, 5.41) is 2.17. The van der Waals surface area contributed by atoms with Gasteiger partial charge in [-0.2, -0.15) is 13.2 Å². The summed E-state index contributed by atoms with van der Waals surface area (Å²) < 4.78 is 39.2. The van der Waals surface area contributed by atoms with Crippen LogP contribution in [0.5, 0.6) is 0 Å². The number of halogens is 3. The van der Waals surface area contributed by atoms with E-state index in [0.717, 1.165) is 12.8 Å². The van der Waals surface area contributed by atoms with Crippen molar-refractivity contribution >= 4 is 6.03 Å². The third-order valence-electron chi connectivity index (χ3n) is 3.73. The zero-order chi connectivity index (χ0) is 15.3. The molecule has 0 aliphatic heterocycles. The Labute approximate surface area is 118 Å². The summed E-state index contributed by atoms with van der Waals surface area (Å²) in [5.74, 6) is -0.485. The lowest BCUT2D eigenvalue weighted by Crippen LogP contribution is -2.53. The standard InChI is InChI=1S/C13H24F3N3O/c1-18(2)8-9-19(3)12(20)17-11(13(14,15)16)10-6-4-5-7-10/h10-11H,4-9H2,1-3H3,(H,17,20)/t11-/m1/s1. The number of nitrogens with one attached hydrogen (secondary N) is 1. The lowest BCUT2D eigenvalue weighted by Gasteiger charge is -2.29. The van der Waals surface area contributed by atoms with Gasteiger partial charge in [-0.05, 0) is 32.9 Å². The summed E-state index contributed by atoms with van der Waals surface area (Å²) in [5.41, 5.74) is 0. The number of likely N-dealkylation sites (N-methyl/N-ethyl adjacent to an activating group) is 2. The fourth-order valence-corrected chi connectivity index (χ4v) is 2.45. The number of hydrogen-bond acceptors (Lipinski definition) is 2. The van der Waals surface area contributed by atoms with Gasteiger partial charge < -0.3 is 15.1 Å². The van der Waals surface area contributed by atoms with Gasteiger partial charge in [-0.1, -0.05) is 12.8 Å². The summed E-state index contributed by atoms with van der Waals surface area (Å²) in [4.78, 5) is 15.0. The second kappa shape index (κ2) is 7.15. The highest BCUT2D eigenvalue weighted by Crippen LogP contribution is 2.35. The van der Waals surface area contributed by atoms with Crippen molar-refractivity contribution in [1.82, 2.24) is 15.1 Å². The Hall–Kier alpha value is -0.980. The van der Waals surface area contributed by atoms with Crippen molar-refractivity contribution in [3.63, 3.8) is 0 Å². The van der Waals surface area contributed by atoms with E-state index in [1.807, 2.05) is 19.0 Å². The molecule has 7 heteroatoms. The maximum absolute atomic E-state index is 13.1. The maximum atomic E-state index is 13.1. The number of amides is 2. The van der Waals surface area contributed by atoms with E-state index < -0.39 is 24.2 Å². The Kier molecular flexibility index (Phi) is 6.10. The van der Waals surface area contributed by atoms with Crippen molar-refractivity contribution in [2.75, 3.05) is 34.2 Å². The highest BCUT2D eigenvalue weighted by atomic mass is 19.4. The van der Waals surface area contributed by atoms with E-state index in [9.17, 15) is 18.0 Å². The molecule has 0 radical (unpaired) electrons. The minimum atomic E-state index is -4.38. The first-order valence-electron chi connectivity index (χ1n) is 6.95. The predicted molar refractivity (Wildman–Crippen MR) is 71.5 cm³/mol. The summed E-state index contributed by atoms with van der Waals surface area (Å²) >= 11 is 0. The van der Waals surface area contributed by atoms with Gasteiger partial charge in [0.25, 0.3) is 0 Å². The predicted octanol–water partition coefficient (Wildman–Crippen LogP) is 2.31. The van der Waals surface area contributed by atoms with E-state index in [-0.39, 0.29) is 0 Å². The van der Waals surface area contributed by atoms with Crippen LogP contribution in [0.25, 0.3) is 0 Å². The van der Waals surface area contributed by atoms with Gasteiger partial charge in [0.15, 0.2) is 0 Å². The molecule has 2 amide bonds. The Bertz CT molecular complexity index is 314. The summed E-state index contributed by atoms with van der Waals surface area (Å²) in [6.45, 7) is 1.01. The normalized spacial score (nSPS) is 18.4. The smallest absolute Gasteiger partial charge is 0.327 e. The molecule has 1 N–H and O–H groups in total. The molecule has 0 aromatic carbocycles. The molecule has 0 bridgehead atoms. The SMILES string of the molecule is CN(C)CCN(C)C(=O)N[C@H](C1CCCC1)C(F)(F)F. The third-order valence-corrected chi connectivity index (χ3v) is 3.73. The van der Waals surface area contributed by atoms with Crippen LogP contribution in [0, 0.1) is 5.92 Å². The molecule has 20 heavy (non-hydrogen) atoms. The van der Waals surface area contributed by atoms with E-state index in [4.69, 9.17) is 0 Å². The van der Waals surface area contributed by atoms with Gasteiger partial charge in [0.1, 0.15) is 6.04 Å². The van der Waals surface area contributed by atoms with Crippen LogP contribution in [0.4, 0.5) is 18.0 Å². The van der Waals surface area contributed by atoms with Crippen molar-refractivity contribution < 1.29 is 18.0 Å². The van der Waals surface area contributed by atoms with E-state index in [0.29, 0.717) is 25.9 Å². The molecule has 0 heterocycles. The van der Waals surface area contributed by atoms with Crippen molar-refractivity contribution in [2.24, 2.45) is 5.92 Å². The van der Waals surface area contributed by atoms with E-state index in [2.05, 4.69) is 5.32 Å². The van der Waals surface area contributed by atoms with Crippen molar-refractivity contribution in [3.8, 4) is 0 Å². The molecule has 0 unspecified atom stereocenters. The lowest BCUT2D eigenvalue weighted by molar-refractivity contribution is -0.165. The first kappa shape index (κ1) is 17.1. The van der Waals surface area contributed by atoms with E-state index >= 15 is 0 Å². The highest BCUT2D eigenvalue weighted by molar-refractivity contribution is 5.74. The number of urea groups is 1. The number of carbonyl (C=O) groups excluding carboxylic acids is 1. The Balaban J connectivity index is 2.58. The number of hydrogen-bond donors (Lipinski definition) is 1. The average molecular weight is 295 g/mol. The molecule has 0 aromatic heterocycles. The number of carbonyl (C=O) groups is 1. The molecule has 0 aromatic rings. The van der Waals surface area contributed by atoms with E-state index in [1.165, 1.54) is 11.9 Å². The minimum absolute atomic E-state index is 0.397. The largest absolute Gasteiger partial charge is 0.408 e. The molecular formula is C13H24F3N3O. The summed E-state index contributed by atoms with van der Waals surface area (Å²) in [7, 11) is 5.21. The average Bonchev–Trinajstić information content (AvgIpc) is 2.84. The van der Waals surface area contributed by atoms with Crippen LogP contribution in [-0.2, 0) is 0 Å². The molecule has 1 aliphatic rings. The fourth-order valence-electron chi connectivity index (χ4n) is 2.45. The number of nitrogens with zero attached hydrogens (tertiary/aromatic N) is 2. The lowest BCUT2D eigenvalue weighted by atomic mass is 9.98. The zero-order valence-electron chi connectivity index (χ0n) is 12.3. The van der Waals surface area contributed by atoms with Gasteiger partial charge in [0.2, 0.25) is 0 Å². The quantitative estimate of drug-likeness (QED) is 0.845. The highest BCUT2D eigenvalue weighted by Gasteiger charge is 2.46. The molecule has 1 saturated carbocycles. The van der Waals surface area contributed by atoms with Gasteiger partial charge in [-0.3, -0.25) is 0 Å².